The lowest BCUT2D eigenvalue weighted by molar-refractivity contribution is -0.120. The molecule has 0 saturated carbocycles. The molecule has 0 atom stereocenters. The summed E-state index contributed by atoms with van der Waals surface area (Å²) in [5.74, 6) is -0.853. The molecule has 0 aliphatic rings. The normalized spacial score (nSPS) is 11.1. The Hall–Kier alpha value is -1.59. The molecule has 0 radical (unpaired) electrons. The minimum atomic E-state index is -0.446. The lowest BCUT2D eigenvalue weighted by Crippen LogP contribution is -2.35. The van der Waals surface area contributed by atoms with Gasteiger partial charge >= 0.3 is 0 Å². The summed E-state index contributed by atoms with van der Waals surface area (Å²) in [5, 5.41) is 6.97. The fourth-order valence-electron chi connectivity index (χ4n) is 1.21. The molecule has 20 heavy (non-hydrogen) atoms. The highest BCUT2D eigenvalue weighted by Crippen LogP contribution is 2.20. The van der Waals surface area contributed by atoms with Gasteiger partial charge in [-0.2, -0.15) is 5.10 Å². The first kappa shape index (κ1) is 16.5. The maximum absolute atomic E-state index is 11.8. The molecule has 0 spiro atoms. The van der Waals surface area contributed by atoms with Crippen molar-refractivity contribution < 1.29 is 9.59 Å². The average molecular weight is 316 g/mol. The predicted octanol–water partition coefficient (Wildman–Crippen LogP) is 2.63. The molecule has 7 heteroatoms. The molecule has 108 valence electrons. The van der Waals surface area contributed by atoms with Crippen molar-refractivity contribution in [3.05, 3.63) is 33.8 Å². The van der Waals surface area contributed by atoms with Crippen LogP contribution in [-0.4, -0.2) is 24.1 Å². The number of carbonyl (C=O) groups excluding carboxylic acids is 2. The van der Waals surface area contributed by atoms with Gasteiger partial charge < -0.3 is 5.32 Å². The van der Waals surface area contributed by atoms with Crippen LogP contribution in [0.5, 0.6) is 0 Å². The molecule has 0 heterocycles. The van der Waals surface area contributed by atoms with E-state index in [2.05, 4.69) is 15.8 Å². The Labute approximate surface area is 127 Å². The molecular formula is C13H15Cl2N3O2. The van der Waals surface area contributed by atoms with E-state index in [1.54, 1.807) is 13.0 Å². The summed E-state index contributed by atoms with van der Waals surface area (Å²) in [4.78, 5) is 23.3. The van der Waals surface area contributed by atoms with Crippen LogP contribution >= 0.6 is 23.2 Å². The first-order valence-electron chi connectivity index (χ1n) is 5.99. The molecule has 5 nitrogen and oxygen atoms in total. The van der Waals surface area contributed by atoms with Crippen molar-refractivity contribution in [2.75, 3.05) is 6.54 Å². The minimum Gasteiger partial charge on any atom is -0.343 e. The van der Waals surface area contributed by atoms with Crippen LogP contribution < -0.4 is 10.7 Å². The smallest absolute Gasteiger partial charge is 0.259 e. The summed E-state index contributed by atoms with van der Waals surface area (Å²) < 4.78 is 0. The van der Waals surface area contributed by atoms with Crippen molar-refractivity contribution in [3.63, 3.8) is 0 Å². The summed E-state index contributed by atoms with van der Waals surface area (Å²) in [6, 6.07) is 4.52. The zero-order valence-corrected chi connectivity index (χ0v) is 12.7. The van der Waals surface area contributed by atoms with Gasteiger partial charge in [-0.15, -0.1) is 0 Å². The van der Waals surface area contributed by atoms with Crippen LogP contribution in [0.15, 0.2) is 23.3 Å². The molecule has 0 aromatic heterocycles. The second-order valence-corrected chi connectivity index (χ2v) is 4.89. The van der Waals surface area contributed by atoms with E-state index in [-0.39, 0.29) is 17.1 Å². The number of nitrogens with zero attached hydrogens (tertiary/aromatic N) is 1. The molecule has 0 fully saturated rings. The van der Waals surface area contributed by atoms with Gasteiger partial charge in [0.2, 0.25) is 0 Å². The van der Waals surface area contributed by atoms with E-state index in [9.17, 15) is 9.59 Å². The molecule has 1 rings (SSSR count). The number of carbonyl (C=O) groups is 2. The summed E-state index contributed by atoms with van der Waals surface area (Å²) in [7, 11) is 0. The molecule has 0 unspecified atom stereocenters. The van der Waals surface area contributed by atoms with E-state index >= 15 is 0 Å². The van der Waals surface area contributed by atoms with Crippen LogP contribution in [0.1, 0.15) is 30.6 Å². The van der Waals surface area contributed by atoms with E-state index in [1.165, 1.54) is 12.1 Å². The SMILES string of the molecule is CCC(C)=NNC(=O)CNC(=O)c1ccc(Cl)cc1Cl. The Morgan fingerprint density at radius 2 is 2.00 bits per heavy atom. The third-order valence-corrected chi connectivity index (χ3v) is 3.02. The number of amides is 2. The second kappa shape index (κ2) is 7.87. The summed E-state index contributed by atoms with van der Waals surface area (Å²) >= 11 is 11.6. The highest BCUT2D eigenvalue weighted by molar-refractivity contribution is 6.36. The quantitative estimate of drug-likeness (QED) is 0.647. The monoisotopic (exact) mass is 315 g/mol. The van der Waals surface area contributed by atoms with Gasteiger partial charge in [0.25, 0.3) is 11.8 Å². The summed E-state index contributed by atoms with van der Waals surface area (Å²) in [5.41, 5.74) is 3.40. The van der Waals surface area contributed by atoms with Crippen LogP contribution in [0.25, 0.3) is 0 Å². The number of rotatable bonds is 5. The highest BCUT2D eigenvalue weighted by atomic mass is 35.5. The number of nitrogens with one attached hydrogen (secondary N) is 2. The fourth-order valence-corrected chi connectivity index (χ4v) is 1.70. The number of hydrazone groups is 1. The molecule has 0 aliphatic carbocycles. The van der Waals surface area contributed by atoms with Crippen LogP contribution in [0.4, 0.5) is 0 Å². The molecule has 1 aromatic rings. The molecule has 0 aliphatic heterocycles. The lowest BCUT2D eigenvalue weighted by atomic mass is 10.2. The van der Waals surface area contributed by atoms with Gasteiger partial charge in [0.05, 0.1) is 17.1 Å². The zero-order chi connectivity index (χ0) is 15.1. The third-order valence-electron chi connectivity index (χ3n) is 2.47. The molecule has 0 bridgehead atoms. The Kier molecular flexibility index (Phi) is 6.48. The molecule has 1 aromatic carbocycles. The van der Waals surface area contributed by atoms with E-state index in [0.717, 1.165) is 12.1 Å². The van der Waals surface area contributed by atoms with Gasteiger partial charge in [0, 0.05) is 10.7 Å². The van der Waals surface area contributed by atoms with E-state index < -0.39 is 11.8 Å². The van der Waals surface area contributed by atoms with Crippen molar-refractivity contribution in [2.24, 2.45) is 5.10 Å². The predicted molar refractivity (Wildman–Crippen MR) is 80.3 cm³/mol. The lowest BCUT2D eigenvalue weighted by Gasteiger charge is -2.06. The number of hydrogen-bond donors (Lipinski definition) is 2. The molecular weight excluding hydrogens is 301 g/mol. The Bertz CT molecular complexity index is 544. The summed E-state index contributed by atoms with van der Waals surface area (Å²) in [6.07, 6.45) is 0.743. The van der Waals surface area contributed by atoms with Crippen LogP contribution in [-0.2, 0) is 4.79 Å². The second-order valence-electron chi connectivity index (χ2n) is 4.04. The van der Waals surface area contributed by atoms with Crippen molar-refractivity contribution >= 4 is 40.7 Å². The van der Waals surface area contributed by atoms with Gasteiger partial charge in [0.15, 0.2) is 0 Å². The standard InChI is InChI=1S/C13H15Cl2N3O2/c1-3-8(2)17-18-12(19)7-16-13(20)10-5-4-9(14)6-11(10)15/h4-6H,3,7H2,1-2H3,(H,16,20)(H,18,19). The van der Waals surface area contributed by atoms with E-state index in [4.69, 9.17) is 23.2 Å². The van der Waals surface area contributed by atoms with E-state index in [1.807, 2.05) is 6.92 Å². The van der Waals surface area contributed by atoms with Crippen LogP contribution in [0.3, 0.4) is 0 Å². The van der Waals surface area contributed by atoms with Crippen LogP contribution in [0.2, 0.25) is 10.0 Å². The summed E-state index contributed by atoms with van der Waals surface area (Å²) in [6.45, 7) is 3.54. The zero-order valence-electron chi connectivity index (χ0n) is 11.2. The Morgan fingerprint density at radius 3 is 2.60 bits per heavy atom. The fraction of sp³-hybridized carbons (Fsp3) is 0.308. The van der Waals surface area contributed by atoms with Gasteiger partial charge in [0.1, 0.15) is 0 Å². The van der Waals surface area contributed by atoms with Crippen molar-refractivity contribution in [1.82, 2.24) is 10.7 Å². The van der Waals surface area contributed by atoms with Crippen molar-refractivity contribution in [2.45, 2.75) is 20.3 Å². The minimum absolute atomic E-state index is 0.182. The number of benzene rings is 1. The molecule has 2 amide bonds. The average Bonchev–Trinajstić information content (AvgIpc) is 2.42. The van der Waals surface area contributed by atoms with E-state index in [0.29, 0.717) is 5.02 Å². The van der Waals surface area contributed by atoms with Gasteiger partial charge in [-0.3, -0.25) is 9.59 Å². The largest absolute Gasteiger partial charge is 0.343 e. The van der Waals surface area contributed by atoms with Crippen molar-refractivity contribution in [3.8, 4) is 0 Å². The third kappa shape index (κ3) is 5.19. The van der Waals surface area contributed by atoms with Crippen LogP contribution in [0, 0.1) is 0 Å². The first-order chi connectivity index (χ1) is 9.43. The van der Waals surface area contributed by atoms with Gasteiger partial charge in [-0.05, 0) is 31.5 Å². The Morgan fingerprint density at radius 1 is 1.30 bits per heavy atom. The van der Waals surface area contributed by atoms with Gasteiger partial charge in [-0.1, -0.05) is 30.1 Å². The highest BCUT2D eigenvalue weighted by Gasteiger charge is 2.11. The number of halogens is 2. The maximum Gasteiger partial charge on any atom is 0.259 e. The Balaban J connectivity index is 2.53. The number of hydrogen-bond acceptors (Lipinski definition) is 3. The maximum atomic E-state index is 11.8. The molecule has 2 N–H and O–H groups in total. The topological polar surface area (TPSA) is 70.6 Å². The molecule has 0 saturated heterocycles. The van der Waals surface area contributed by atoms with Crippen molar-refractivity contribution in [1.29, 1.82) is 0 Å². The van der Waals surface area contributed by atoms with Gasteiger partial charge in [-0.25, -0.2) is 5.43 Å². The first-order valence-corrected chi connectivity index (χ1v) is 6.75.